The normalized spacial score (nSPS) is 12.2. The van der Waals surface area contributed by atoms with Gasteiger partial charge in [-0.05, 0) is 77.9 Å². The van der Waals surface area contributed by atoms with Gasteiger partial charge in [-0.1, -0.05) is 100 Å². The molecule has 3 aromatic heterocycles. The number of imidazole rings is 1. The number of hydrogen-bond acceptors (Lipinski definition) is 2. The minimum atomic E-state index is 0.295. The van der Waals surface area contributed by atoms with Crippen LogP contribution < -0.4 is 4.57 Å². The van der Waals surface area contributed by atoms with Crippen LogP contribution >= 0.6 is 0 Å². The molecule has 0 aliphatic heterocycles. The summed E-state index contributed by atoms with van der Waals surface area (Å²) < 4.78 is 18.1. The Kier molecular flexibility index (Phi) is 6.61. The van der Waals surface area contributed by atoms with E-state index in [1.54, 1.807) is 0 Å². The van der Waals surface area contributed by atoms with Crippen LogP contribution in [0.15, 0.2) is 124 Å². The molecule has 240 valence electrons. The lowest BCUT2D eigenvalue weighted by atomic mass is 9.88. The second-order valence-electron chi connectivity index (χ2n) is 14.1. The molecule has 6 aromatic carbocycles. The lowest BCUT2D eigenvalue weighted by molar-refractivity contribution is -0.633. The van der Waals surface area contributed by atoms with Crippen molar-refractivity contribution in [2.75, 3.05) is 0 Å². The van der Waals surface area contributed by atoms with Gasteiger partial charge in [0.2, 0.25) is 0 Å². The molecule has 0 N–H and O–H groups in total. The van der Waals surface area contributed by atoms with Gasteiger partial charge in [-0.25, -0.2) is 4.57 Å². The number of aryl methyl sites for hydroxylation is 2. The van der Waals surface area contributed by atoms with E-state index in [0.717, 1.165) is 55.3 Å². The number of para-hydroxylation sites is 3. The molecule has 0 bridgehead atoms. The van der Waals surface area contributed by atoms with Crippen LogP contribution in [0.1, 0.15) is 56.2 Å². The van der Waals surface area contributed by atoms with Crippen LogP contribution in [0.2, 0.25) is 0 Å². The highest BCUT2D eigenvalue weighted by atomic mass is 16.3. The summed E-state index contributed by atoms with van der Waals surface area (Å²) in [6.45, 7) is 11.5. The van der Waals surface area contributed by atoms with E-state index < -0.39 is 0 Å². The summed E-state index contributed by atoms with van der Waals surface area (Å²) in [5, 5.41) is 4.32. The molecule has 0 fully saturated rings. The van der Waals surface area contributed by atoms with E-state index >= 15 is 0 Å². The number of aromatic nitrogens is 2. The first kappa shape index (κ1) is 29.5. The van der Waals surface area contributed by atoms with Gasteiger partial charge < -0.3 is 8.83 Å². The van der Waals surface area contributed by atoms with Crippen LogP contribution in [-0.2, 0) is 7.05 Å². The zero-order chi connectivity index (χ0) is 33.6. The maximum Gasteiger partial charge on any atom is 0.299 e. The molecular formula is C45H39N2O2+. The van der Waals surface area contributed by atoms with Crippen LogP contribution in [-0.4, -0.2) is 4.57 Å². The van der Waals surface area contributed by atoms with Crippen molar-refractivity contribution >= 4 is 54.9 Å². The Bertz CT molecular complexity index is 2710. The molecule has 49 heavy (non-hydrogen) atoms. The predicted octanol–water partition coefficient (Wildman–Crippen LogP) is 12.1. The fourth-order valence-corrected chi connectivity index (χ4v) is 7.87. The summed E-state index contributed by atoms with van der Waals surface area (Å²) in [6, 6.07) is 41.3. The summed E-state index contributed by atoms with van der Waals surface area (Å²) >= 11 is 0. The molecular weight excluding hydrogens is 601 g/mol. The summed E-state index contributed by atoms with van der Waals surface area (Å²) in [5.41, 5.74) is 14.5. The average Bonchev–Trinajstić information content (AvgIpc) is 3.75. The first-order valence-corrected chi connectivity index (χ1v) is 17.3. The Morgan fingerprint density at radius 1 is 0.571 bits per heavy atom. The third-order valence-corrected chi connectivity index (χ3v) is 10.3. The SMILES string of the molecule is Cc1ccc2c(oc3cc4c(cc32)oc2ccccc24)c1-c1n(-c2c(C(C)C)cc(-c3ccccc3)cc2C(C)C)c2ccccc2[n+]1C. The Morgan fingerprint density at radius 3 is 1.94 bits per heavy atom. The van der Waals surface area contributed by atoms with Crippen molar-refractivity contribution < 1.29 is 13.4 Å². The van der Waals surface area contributed by atoms with Gasteiger partial charge in [-0.3, -0.25) is 0 Å². The van der Waals surface area contributed by atoms with Crippen LogP contribution in [0.4, 0.5) is 0 Å². The number of nitrogens with zero attached hydrogens (tertiary/aromatic N) is 2. The molecule has 0 unspecified atom stereocenters. The minimum Gasteiger partial charge on any atom is -0.456 e. The van der Waals surface area contributed by atoms with Crippen LogP contribution in [0.3, 0.4) is 0 Å². The van der Waals surface area contributed by atoms with Gasteiger partial charge in [0, 0.05) is 32.7 Å². The Balaban J connectivity index is 1.40. The number of benzene rings is 6. The van der Waals surface area contributed by atoms with E-state index in [4.69, 9.17) is 8.83 Å². The largest absolute Gasteiger partial charge is 0.456 e. The van der Waals surface area contributed by atoms with Crippen molar-refractivity contribution in [3.05, 3.63) is 132 Å². The zero-order valence-corrected chi connectivity index (χ0v) is 28.8. The van der Waals surface area contributed by atoms with Gasteiger partial charge in [0.25, 0.3) is 5.82 Å². The Hall–Kier alpha value is -5.61. The smallest absolute Gasteiger partial charge is 0.299 e. The number of hydrogen-bond donors (Lipinski definition) is 0. The molecule has 0 aliphatic carbocycles. The van der Waals surface area contributed by atoms with Gasteiger partial charge in [0.05, 0.1) is 7.05 Å². The van der Waals surface area contributed by atoms with E-state index in [1.807, 2.05) is 12.1 Å². The van der Waals surface area contributed by atoms with Crippen molar-refractivity contribution in [3.8, 4) is 28.2 Å². The third-order valence-electron chi connectivity index (χ3n) is 10.3. The standard InChI is InChI=1S/C45H39N2O2/c1-26(2)33-22-30(29-14-8-7-9-15-29)23-34(27(3)4)43(33)47-38-18-12-11-17-37(38)46(6)45(47)42-28(5)20-21-32-36-25-40-35(24-41(36)49-44(32)42)31-16-10-13-19-39(31)48-40/h7-27H,1-6H3/q+1. The van der Waals surface area contributed by atoms with Crippen molar-refractivity contribution in [1.29, 1.82) is 0 Å². The summed E-state index contributed by atoms with van der Waals surface area (Å²) in [6.07, 6.45) is 0. The molecule has 0 amide bonds. The van der Waals surface area contributed by atoms with Crippen molar-refractivity contribution in [3.63, 3.8) is 0 Å². The maximum atomic E-state index is 6.95. The highest BCUT2D eigenvalue weighted by Gasteiger charge is 2.34. The van der Waals surface area contributed by atoms with E-state index in [0.29, 0.717) is 11.8 Å². The predicted molar refractivity (Wildman–Crippen MR) is 203 cm³/mol. The van der Waals surface area contributed by atoms with Gasteiger partial charge in [0.15, 0.2) is 16.6 Å². The quantitative estimate of drug-likeness (QED) is 0.176. The van der Waals surface area contributed by atoms with Gasteiger partial charge in [-0.2, -0.15) is 4.57 Å². The Morgan fingerprint density at radius 2 is 1.20 bits per heavy atom. The van der Waals surface area contributed by atoms with Crippen LogP contribution in [0.25, 0.3) is 83.1 Å². The van der Waals surface area contributed by atoms with Crippen molar-refractivity contribution in [1.82, 2.24) is 4.57 Å². The first-order valence-electron chi connectivity index (χ1n) is 17.3. The molecule has 3 heterocycles. The van der Waals surface area contributed by atoms with Gasteiger partial charge in [0.1, 0.15) is 28.0 Å². The number of rotatable bonds is 5. The molecule has 9 aromatic rings. The molecule has 0 saturated carbocycles. The zero-order valence-electron chi connectivity index (χ0n) is 28.8. The summed E-state index contributed by atoms with van der Waals surface area (Å²) in [5.74, 6) is 1.70. The maximum absolute atomic E-state index is 6.95. The molecule has 0 atom stereocenters. The van der Waals surface area contributed by atoms with Crippen molar-refractivity contribution in [2.24, 2.45) is 7.05 Å². The average molecular weight is 640 g/mol. The topological polar surface area (TPSA) is 35.1 Å². The van der Waals surface area contributed by atoms with Crippen LogP contribution in [0.5, 0.6) is 0 Å². The highest BCUT2D eigenvalue weighted by Crippen LogP contribution is 2.44. The minimum absolute atomic E-state index is 0.295. The van der Waals surface area contributed by atoms with Gasteiger partial charge >= 0.3 is 0 Å². The molecule has 0 aliphatic rings. The van der Waals surface area contributed by atoms with Crippen LogP contribution in [0, 0.1) is 6.92 Å². The molecule has 0 spiro atoms. The molecule has 0 radical (unpaired) electrons. The second kappa shape index (κ2) is 11.0. The van der Waals surface area contributed by atoms with E-state index in [-0.39, 0.29) is 0 Å². The number of fused-ring (bicyclic) bond motifs is 7. The molecule has 0 saturated heterocycles. The number of furan rings is 2. The lowest BCUT2D eigenvalue weighted by Crippen LogP contribution is -2.30. The molecule has 9 rings (SSSR count). The fraction of sp³-hybridized carbons (Fsp3) is 0.178. The third kappa shape index (κ3) is 4.40. The molecule has 4 heteroatoms. The van der Waals surface area contributed by atoms with E-state index in [9.17, 15) is 0 Å². The summed E-state index contributed by atoms with van der Waals surface area (Å²) in [7, 11) is 2.19. The monoisotopic (exact) mass is 639 g/mol. The van der Waals surface area contributed by atoms with Gasteiger partial charge in [-0.15, -0.1) is 0 Å². The fourth-order valence-electron chi connectivity index (χ4n) is 7.87. The first-order chi connectivity index (χ1) is 23.8. The Labute approximate surface area is 285 Å². The van der Waals surface area contributed by atoms with E-state index in [1.165, 1.54) is 44.5 Å². The second-order valence-corrected chi connectivity index (χ2v) is 14.1. The van der Waals surface area contributed by atoms with Crippen molar-refractivity contribution in [2.45, 2.75) is 46.5 Å². The molecule has 4 nitrogen and oxygen atoms in total. The highest BCUT2D eigenvalue weighted by molar-refractivity contribution is 6.16. The van der Waals surface area contributed by atoms with E-state index in [2.05, 4.69) is 154 Å². The summed E-state index contributed by atoms with van der Waals surface area (Å²) in [4.78, 5) is 0. The lowest BCUT2D eigenvalue weighted by Gasteiger charge is -2.21.